The summed E-state index contributed by atoms with van der Waals surface area (Å²) in [6, 6.07) is 15.2. The van der Waals surface area contributed by atoms with E-state index in [1.165, 1.54) is 6.07 Å². The average molecular weight is 400 g/mol. The third-order valence-electron chi connectivity index (χ3n) is 3.59. The predicted octanol–water partition coefficient (Wildman–Crippen LogP) is 7.42. The second kappa shape index (κ2) is 8.16. The molecule has 3 aromatic carbocycles. The Labute approximate surface area is 166 Å². The number of hydrogen-bond donors (Lipinski definition) is 2. The van der Waals surface area contributed by atoms with Gasteiger partial charge in [0.2, 0.25) is 0 Å². The largest absolute Gasteiger partial charge is 0.506 e. The van der Waals surface area contributed by atoms with Gasteiger partial charge in [-0.15, -0.1) is 10.2 Å². The second-order valence-electron chi connectivity index (χ2n) is 5.73. The molecule has 0 saturated carbocycles. The van der Waals surface area contributed by atoms with E-state index in [0.29, 0.717) is 38.5 Å². The highest BCUT2D eigenvalue weighted by Gasteiger charge is 2.04. The molecule has 3 rings (SSSR count). The third kappa shape index (κ3) is 4.81. The number of hydrogen-bond acceptors (Lipinski definition) is 6. The van der Waals surface area contributed by atoms with Crippen molar-refractivity contribution in [2.75, 3.05) is 5.73 Å². The summed E-state index contributed by atoms with van der Waals surface area (Å²) in [5, 5.41) is 26.9. The van der Waals surface area contributed by atoms with Crippen molar-refractivity contribution < 1.29 is 5.11 Å². The molecule has 8 heteroatoms. The van der Waals surface area contributed by atoms with Crippen LogP contribution in [0.5, 0.6) is 5.75 Å². The van der Waals surface area contributed by atoms with E-state index < -0.39 is 0 Å². The zero-order chi connectivity index (χ0) is 19.4. The number of aryl methyl sites for hydroxylation is 1. The lowest BCUT2D eigenvalue weighted by Crippen LogP contribution is -1.85. The first-order valence-electron chi connectivity index (χ1n) is 7.90. The first-order chi connectivity index (χ1) is 12.9. The summed E-state index contributed by atoms with van der Waals surface area (Å²) in [4.78, 5) is 0. The van der Waals surface area contributed by atoms with Crippen LogP contribution in [-0.2, 0) is 0 Å². The van der Waals surface area contributed by atoms with Gasteiger partial charge in [-0.3, -0.25) is 0 Å². The van der Waals surface area contributed by atoms with Crippen LogP contribution in [0.4, 0.5) is 28.4 Å². The number of halogens is 2. The number of nitrogens with zero attached hydrogens (tertiary/aromatic N) is 4. The molecule has 0 aliphatic heterocycles. The van der Waals surface area contributed by atoms with Gasteiger partial charge in [0.15, 0.2) is 0 Å². The quantitative estimate of drug-likeness (QED) is 0.352. The Morgan fingerprint density at radius 3 is 1.96 bits per heavy atom. The lowest BCUT2D eigenvalue weighted by Gasteiger charge is -2.01. The van der Waals surface area contributed by atoms with Crippen LogP contribution in [0.3, 0.4) is 0 Å². The van der Waals surface area contributed by atoms with Gasteiger partial charge < -0.3 is 10.8 Å². The second-order valence-corrected chi connectivity index (χ2v) is 6.55. The molecule has 0 heterocycles. The highest BCUT2D eigenvalue weighted by molar-refractivity contribution is 6.36. The zero-order valence-corrected chi connectivity index (χ0v) is 15.8. The van der Waals surface area contributed by atoms with Gasteiger partial charge in [0.05, 0.1) is 27.1 Å². The molecule has 0 saturated heterocycles. The number of phenols is 1. The lowest BCUT2D eigenvalue weighted by molar-refractivity contribution is 0.476. The molecule has 0 unspecified atom stereocenters. The molecule has 0 atom stereocenters. The van der Waals surface area contributed by atoms with Gasteiger partial charge in [0, 0.05) is 0 Å². The summed E-state index contributed by atoms with van der Waals surface area (Å²) in [5.41, 5.74) is 9.11. The molecule has 0 aliphatic rings. The Kier molecular flexibility index (Phi) is 5.69. The minimum Gasteiger partial charge on any atom is -0.506 e. The van der Waals surface area contributed by atoms with Crippen molar-refractivity contribution in [2.24, 2.45) is 20.5 Å². The molecule has 0 fully saturated rings. The monoisotopic (exact) mass is 399 g/mol. The van der Waals surface area contributed by atoms with Crippen LogP contribution in [-0.4, -0.2) is 5.11 Å². The Morgan fingerprint density at radius 2 is 1.33 bits per heavy atom. The molecule has 0 radical (unpaired) electrons. The van der Waals surface area contributed by atoms with Crippen LogP contribution in [0.25, 0.3) is 0 Å². The molecule has 0 aliphatic carbocycles. The summed E-state index contributed by atoms with van der Waals surface area (Å²) in [7, 11) is 0. The molecule has 0 amide bonds. The fourth-order valence-corrected chi connectivity index (χ4v) is 2.52. The molecule has 0 spiro atoms. The summed E-state index contributed by atoms with van der Waals surface area (Å²) >= 11 is 12.0. The van der Waals surface area contributed by atoms with E-state index in [1.54, 1.807) is 48.5 Å². The predicted molar refractivity (Wildman–Crippen MR) is 109 cm³/mol. The Hall–Kier alpha value is -2.96. The van der Waals surface area contributed by atoms with E-state index in [1.807, 2.05) is 6.92 Å². The van der Waals surface area contributed by atoms with Gasteiger partial charge >= 0.3 is 0 Å². The van der Waals surface area contributed by atoms with Gasteiger partial charge in [0.25, 0.3) is 0 Å². The first-order valence-corrected chi connectivity index (χ1v) is 8.65. The van der Waals surface area contributed by atoms with Gasteiger partial charge in [-0.05, 0) is 61.0 Å². The van der Waals surface area contributed by atoms with Crippen LogP contribution in [0.2, 0.25) is 10.0 Å². The van der Waals surface area contributed by atoms with Crippen molar-refractivity contribution in [1.82, 2.24) is 0 Å². The number of azo groups is 2. The van der Waals surface area contributed by atoms with Crippen LogP contribution in [0.1, 0.15) is 5.56 Å². The van der Waals surface area contributed by atoms with E-state index in [9.17, 15) is 5.11 Å². The SMILES string of the molecule is Cc1ccc(O)c(/N=N/c2ccc(/N=N/c3cc(Cl)c(N)cc3Cl)cc2)c1. The Balaban J connectivity index is 1.75. The Bertz CT molecular complexity index is 1030. The third-order valence-corrected chi connectivity index (χ3v) is 4.22. The molecule has 3 N–H and O–H groups in total. The van der Waals surface area contributed by atoms with E-state index in [4.69, 9.17) is 28.9 Å². The first kappa shape index (κ1) is 18.8. The standard InChI is InChI=1S/C19H15Cl2N5O/c1-11-2-7-19(27)18(8-11)26-24-13-5-3-12(4-6-13)23-25-17-10-14(20)16(22)9-15(17)21/h2-10,27H,22H2,1H3/b25-23+,26-24+. The van der Waals surface area contributed by atoms with Crippen LogP contribution < -0.4 is 5.73 Å². The van der Waals surface area contributed by atoms with Crippen molar-refractivity contribution in [2.45, 2.75) is 6.92 Å². The normalized spacial score (nSPS) is 11.5. The number of phenolic OH excluding ortho intramolecular Hbond substituents is 1. The fourth-order valence-electron chi connectivity index (χ4n) is 2.15. The summed E-state index contributed by atoms with van der Waals surface area (Å²) in [5.74, 6) is 0.0776. The minimum atomic E-state index is 0.0776. The molecule has 0 aromatic heterocycles. The number of anilines is 1. The number of rotatable bonds is 4. The molecule has 136 valence electrons. The van der Waals surface area contributed by atoms with E-state index in [-0.39, 0.29) is 5.75 Å². The average Bonchev–Trinajstić information content (AvgIpc) is 2.65. The van der Waals surface area contributed by atoms with Crippen LogP contribution in [0, 0.1) is 6.92 Å². The summed E-state index contributed by atoms with van der Waals surface area (Å²) in [6.07, 6.45) is 0. The smallest absolute Gasteiger partial charge is 0.143 e. The number of nitrogen functional groups attached to an aromatic ring is 1. The lowest BCUT2D eigenvalue weighted by atomic mass is 10.2. The number of benzene rings is 3. The molecule has 27 heavy (non-hydrogen) atoms. The molecule has 0 bridgehead atoms. The maximum Gasteiger partial charge on any atom is 0.143 e. The Morgan fingerprint density at radius 1 is 0.741 bits per heavy atom. The van der Waals surface area contributed by atoms with Crippen LogP contribution >= 0.6 is 23.2 Å². The van der Waals surface area contributed by atoms with Gasteiger partial charge in [-0.1, -0.05) is 29.3 Å². The van der Waals surface area contributed by atoms with Gasteiger partial charge in [-0.2, -0.15) is 10.2 Å². The molecule has 3 aromatic rings. The van der Waals surface area contributed by atoms with Crippen molar-refractivity contribution in [3.05, 3.63) is 70.2 Å². The fraction of sp³-hybridized carbons (Fsp3) is 0.0526. The highest BCUT2D eigenvalue weighted by Crippen LogP contribution is 2.34. The van der Waals surface area contributed by atoms with E-state index >= 15 is 0 Å². The number of nitrogens with two attached hydrogens (primary N) is 1. The van der Waals surface area contributed by atoms with Crippen molar-refractivity contribution in [3.63, 3.8) is 0 Å². The minimum absolute atomic E-state index is 0.0776. The topological polar surface area (TPSA) is 95.7 Å². The van der Waals surface area contributed by atoms with Crippen molar-refractivity contribution in [1.29, 1.82) is 0 Å². The maximum atomic E-state index is 9.79. The molecular formula is C19H15Cl2N5O. The summed E-state index contributed by atoms with van der Waals surface area (Å²) in [6.45, 7) is 1.92. The number of aromatic hydroxyl groups is 1. The zero-order valence-electron chi connectivity index (χ0n) is 14.3. The van der Waals surface area contributed by atoms with Crippen molar-refractivity contribution >= 4 is 51.6 Å². The summed E-state index contributed by atoms with van der Waals surface area (Å²) < 4.78 is 0. The highest BCUT2D eigenvalue weighted by atomic mass is 35.5. The van der Waals surface area contributed by atoms with E-state index in [2.05, 4.69) is 20.5 Å². The van der Waals surface area contributed by atoms with Gasteiger partial charge in [-0.25, -0.2) is 0 Å². The molecular weight excluding hydrogens is 385 g/mol. The van der Waals surface area contributed by atoms with Gasteiger partial charge in [0.1, 0.15) is 17.1 Å². The van der Waals surface area contributed by atoms with E-state index in [0.717, 1.165) is 5.56 Å². The molecule has 6 nitrogen and oxygen atoms in total. The van der Waals surface area contributed by atoms with Crippen molar-refractivity contribution in [3.8, 4) is 5.75 Å². The maximum absolute atomic E-state index is 9.79. The van der Waals surface area contributed by atoms with Crippen LogP contribution in [0.15, 0.2) is 75.1 Å².